The maximum atomic E-state index is 11.0. The van der Waals surface area contributed by atoms with Crippen LogP contribution in [0.25, 0.3) is 0 Å². The number of non-ortho nitro benzene ring substituents is 1. The van der Waals surface area contributed by atoms with Crippen LogP contribution in [0.5, 0.6) is 17.4 Å². The van der Waals surface area contributed by atoms with Crippen molar-refractivity contribution in [2.45, 2.75) is 0 Å². The van der Waals surface area contributed by atoms with Crippen LogP contribution in [0.15, 0.2) is 36.8 Å². The van der Waals surface area contributed by atoms with Crippen LogP contribution >= 0.6 is 11.6 Å². The number of benzene rings is 1. The minimum Gasteiger partial charge on any atom is -0.493 e. The number of halogens is 1. The summed E-state index contributed by atoms with van der Waals surface area (Å²) in [6.45, 7) is 0. The monoisotopic (exact) mass is 376 g/mol. The number of rotatable bonds is 6. The van der Waals surface area contributed by atoms with Gasteiger partial charge in [-0.15, -0.1) is 0 Å². The minimum absolute atomic E-state index is 0.0202. The lowest BCUT2D eigenvalue weighted by atomic mass is 10.3. The number of hydrogen-bond donors (Lipinski definition) is 1. The molecule has 3 aromatic rings. The topological polar surface area (TPSA) is 117 Å². The smallest absolute Gasteiger partial charge is 0.273 e. The lowest BCUT2D eigenvalue weighted by Gasteiger charge is -2.11. The molecule has 0 spiro atoms. The van der Waals surface area contributed by atoms with Gasteiger partial charge in [0.2, 0.25) is 11.8 Å². The van der Waals surface area contributed by atoms with Crippen LogP contribution in [0, 0.1) is 10.1 Å². The minimum atomic E-state index is -0.538. The summed E-state index contributed by atoms with van der Waals surface area (Å²) in [7, 11) is 3.20. The Labute approximate surface area is 152 Å². The van der Waals surface area contributed by atoms with Crippen LogP contribution < -0.4 is 14.8 Å². The maximum absolute atomic E-state index is 11.0. The fourth-order valence-electron chi connectivity index (χ4n) is 2.06. The van der Waals surface area contributed by atoms with Crippen molar-refractivity contribution >= 4 is 28.9 Å². The molecule has 0 bridgehead atoms. The summed E-state index contributed by atoms with van der Waals surface area (Å²) in [4.78, 5) is 18.7. The maximum Gasteiger partial charge on any atom is 0.273 e. The van der Waals surface area contributed by atoms with E-state index in [-0.39, 0.29) is 28.3 Å². The lowest BCUT2D eigenvalue weighted by Crippen LogP contribution is -2.00. The first-order valence-corrected chi connectivity index (χ1v) is 7.62. The second-order valence-electron chi connectivity index (χ2n) is 5.07. The summed E-state index contributed by atoms with van der Waals surface area (Å²) < 4.78 is 12.4. The third kappa shape index (κ3) is 3.81. The van der Waals surface area contributed by atoms with Gasteiger partial charge in [-0.05, 0) is 6.07 Å². The molecule has 0 saturated carbocycles. The van der Waals surface area contributed by atoms with Crippen molar-refractivity contribution in [3.8, 4) is 17.4 Å². The van der Waals surface area contributed by atoms with Gasteiger partial charge in [-0.1, -0.05) is 11.6 Å². The van der Waals surface area contributed by atoms with Crippen LogP contribution in [0.3, 0.4) is 0 Å². The third-order valence-electron chi connectivity index (χ3n) is 3.24. The summed E-state index contributed by atoms with van der Waals surface area (Å²) >= 11 is 6.08. The summed E-state index contributed by atoms with van der Waals surface area (Å²) in [5.41, 5.74) is 0.522. The van der Waals surface area contributed by atoms with Crippen molar-refractivity contribution in [2.75, 3.05) is 12.4 Å². The molecule has 0 saturated heterocycles. The zero-order valence-corrected chi connectivity index (χ0v) is 14.5. The van der Waals surface area contributed by atoms with Gasteiger partial charge >= 0.3 is 0 Å². The first-order chi connectivity index (χ1) is 12.5. The molecule has 0 fully saturated rings. The van der Waals surface area contributed by atoms with Crippen LogP contribution in [0.2, 0.25) is 5.02 Å². The van der Waals surface area contributed by atoms with Crippen LogP contribution in [-0.4, -0.2) is 31.8 Å². The van der Waals surface area contributed by atoms with Gasteiger partial charge in [-0.2, -0.15) is 10.1 Å². The van der Waals surface area contributed by atoms with Crippen LogP contribution in [0.1, 0.15) is 0 Å². The van der Waals surface area contributed by atoms with Gasteiger partial charge in [-0.3, -0.25) is 14.8 Å². The molecule has 1 aromatic carbocycles. The number of nitro benzene ring substituents is 1. The van der Waals surface area contributed by atoms with E-state index in [1.54, 1.807) is 24.1 Å². The molecule has 0 amide bonds. The predicted octanol–water partition coefficient (Wildman–Crippen LogP) is 3.32. The van der Waals surface area contributed by atoms with Crippen LogP contribution in [0.4, 0.5) is 17.3 Å². The number of nitrogens with zero attached hydrogens (tertiary/aromatic N) is 5. The van der Waals surface area contributed by atoms with E-state index in [0.29, 0.717) is 11.4 Å². The zero-order valence-electron chi connectivity index (χ0n) is 13.7. The second kappa shape index (κ2) is 7.23. The van der Waals surface area contributed by atoms with Gasteiger partial charge < -0.3 is 14.8 Å². The molecule has 3 rings (SSSR count). The Bertz CT molecular complexity index is 961. The van der Waals surface area contributed by atoms with E-state index < -0.39 is 4.92 Å². The van der Waals surface area contributed by atoms with Crippen LogP contribution in [-0.2, 0) is 7.05 Å². The van der Waals surface area contributed by atoms with E-state index in [9.17, 15) is 10.1 Å². The van der Waals surface area contributed by atoms with Crippen molar-refractivity contribution < 1.29 is 14.4 Å². The summed E-state index contributed by atoms with van der Waals surface area (Å²) in [5, 5.41) is 18.1. The molecule has 0 radical (unpaired) electrons. The highest BCUT2D eigenvalue weighted by atomic mass is 35.5. The van der Waals surface area contributed by atoms with Crippen molar-refractivity contribution in [1.82, 2.24) is 19.7 Å². The first-order valence-electron chi connectivity index (χ1n) is 7.25. The molecule has 0 aliphatic heterocycles. The van der Waals surface area contributed by atoms with E-state index in [2.05, 4.69) is 20.4 Å². The van der Waals surface area contributed by atoms with Crippen molar-refractivity contribution in [2.24, 2.45) is 7.05 Å². The number of nitro groups is 1. The largest absolute Gasteiger partial charge is 0.493 e. The molecule has 0 aliphatic carbocycles. The first kappa shape index (κ1) is 17.4. The van der Waals surface area contributed by atoms with E-state index >= 15 is 0 Å². The second-order valence-corrected chi connectivity index (χ2v) is 5.48. The molecule has 26 heavy (non-hydrogen) atoms. The van der Waals surface area contributed by atoms with E-state index in [1.807, 2.05) is 0 Å². The van der Waals surface area contributed by atoms with Gasteiger partial charge in [0.1, 0.15) is 5.02 Å². The zero-order chi connectivity index (χ0) is 18.7. The van der Waals surface area contributed by atoms with Gasteiger partial charge in [0.25, 0.3) is 5.69 Å². The average Bonchev–Trinajstić information content (AvgIpc) is 3.02. The average molecular weight is 377 g/mol. The number of ether oxygens (including phenoxy) is 2. The van der Waals surface area contributed by atoms with Crippen molar-refractivity contribution in [3.05, 3.63) is 51.9 Å². The SMILES string of the molecule is COc1ccc([N+](=O)[O-])cc1Oc1nc(Nc2cnn(C)c2)ncc1Cl. The Balaban J connectivity index is 1.90. The highest BCUT2D eigenvalue weighted by Gasteiger charge is 2.16. The molecule has 0 aliphatic rings. The lowest BCUT2D eigenvalue weighted by molar-refractivity contribution is -0.384. The van der Waals surface area contributed by atoms with Gasteiger partial charge in [0, 0.05) is 19.3 Å². The molecule has 11 heteroatoms. The molecule has 10 nitrogen and oxygen atoms in total. The molecule has 134 valence electrons. The summed E-state index contributed by atoms with van der Waals surface area (Å²) in [6.07, 6.45) is 4.69. The quantitative estimate of drug-likeness (QED) is 0.514. The molecule has 0 atom stereocenters. The molecular weight excluding hydrogens is 364 g/mol. The number of nitrogens with one attached hydrogen (secondary N) is 1. The number of anilines is 2. The molecule has 2 heterocycles. The normalized spacial score (nSPS) is 10.4. The fourth-order valence-corrected chi connectivity index (χ4v) is 2.19. The van der Waals surface area contributed by atoms with Gasteiger partial charge in [-0.25, -0.2) is 4.98 Å². The van der Waals surface area contributed by atoms with Crippen molar-refractivity contribution in [1.29, 1.82) is 0 Å². The molecule has 2 aromatic heterocycles. The van der Waals surface area contributed by atoms with Gasteiger partial charge in [0.05, 0.1) is 36.2 Å². The Morgan fingerprint density at radius 2 is 2.12 bits per heavy atom. The predicted molar refractivity (Wildman–Crippen MR) is 93.3 cm³/mol. The summed E-state index contributed by atoms with van der Waals surface area (Å²) in [5.74, 6) is 0.648. The summed E-state index contributed by atoms with van der Waals surface area (Å²) in [6, 6.07) is 3.96. The Kier molecular flexibility index (Phi) is 4.85. The number of aryl methyl sites for hydroxylation is 1. The highest BCUT2D eigenvalue weighted by Crippen LogP contribution is 2.36. The van der Waals surface area contributed by atoms with E-state index in [0.717, 1.165) is 0 Å². The standard InChI is InChI=1S/C15H13ClN6O4/c1-21-8-9(6-18-21)19-15-17-7-11(16)14(20-15)26-13-5-10(22(23)24)3-4-12(13)25-2/h3-8H,1-2H3,(H,17,19,20). The number of methoxy groups -OCH3 is 1. The molecule has 1 N–H and O–H groups in total. The molecule has 0 unspecified atom stereocenters. The number of aromatic nitrogens is 4. The van der Waals surface area contributed by atoms with Crippen molar-refractivity contribution in [3.63, 3.8) is 0 Å². The molecular formula is C15H13ClN6O4. The van der Waals surface area contributed by atoms with E-state index in [1.165, 1.54) is 31.5 Å². The fraction of sp³-hybridized carbons (Fsp3) is 0.133. The van der Waals surface area contributed by atoms with E-state index in [4.69, 9.17) is 21.1 Å². The van der Waals surface area contributed by atoms with Gasteiger partial charge in [0.15, 0.2) is 11.5 Å². The Hall–Kier alpha value is -3.40. The number of hydrogen-bond acceptors (Lipinski definition) is 8. The Morgan fingerprint density at radius 1 is 1.31 bits per heavy atom. The Morgan fingerprint density at radius 3 is 2.77 bits per heavy atom. The highest BCUT2D eigenvalue weighted by molar-refractivity contribution is 6.31. The third-order valence-corrected chi connectivity index (χ3v) is 3.50.